The molecule has 1 aromatic rings. The second-order valence-corrected chi connectivity index (χ2v) is 5.48. The fourth-order valence-corrected chi connectivity index (χ4v) is 1.58. The van der Waals surface area contributed by atoms with Crippen LogP contribution >= 0.6 is 0 Å². The summed E-state index contributed by atoms with van der Waals surface area (Å²) < 4.78 is 18.3. The van der Waals surface area contributed by atoms with Gasteiger partial charge in [-0.25, -0.2) is 9.18 Å². The van der Waals surface area contributed by atoms with Gasteiger partial charge in [-0.1, -0.05) is 0 Å². The number of halogens is 1. The third-order valence-electron chi connectivity index (χ3n) is 2.22. The smallest absolute Gasteiger partial charge is 0.412 e. The summed E-state index contributed by atoms with van der Waals surface area (Å²) in [6.45, 7) is 6.87. The van der Waals surface area contributed by atoms with Crippen molar-refractivity contribution in [3.05, 3.63) is 29.6 Å². The average molecular weight is 269 g/mol. The number of nitrogens with one attached hydrogen (secondary N) is 1. The Hall–Kier alpha value is -1.62. The van der Waals surface area contributed by atoms with E-state index in [2.05, 4.69) is 5.32 Å². The van der Waals surface area contributed by atoms with E-state index in [9.17, 15) is 14.3 Å². The monoisotopic (exact) mass is 269 g/mol. The summed E-state index contributed by atoms with van der Waals surface area (Å²) in [6.07, 6.45) is -0.977. The maximum Gasteiger partial charge on any atom is 0.412 e. The van der Waals surface area contributed by atoms with Crippen LogP contribution in [0.3, 0.4) is 0 Å². The number of aliphatic hydroxyl groups excluding tert-OH is 1. The molecule has 0 aliphatic rings. The molecule has 0 saturated carbocycles. The van der Waals surface area contributed by atoms with Crippen molar-refractivity contribution in [1.29, 1.82) is 0 Å². The summed E-state index contributed by atoms with van der Waals surface area (Å²) in [5.74, 6) is -0.412. The van der Waals surface area contributed by atoms with E-state index in [1.807, 2.05) is 0 Å². The summed E-state index contributed by atoms with van der Waals surface area (Å²) >= 11 is 0. The Balaban J connectivity index is 2.85. The van der Waals surface area contributed by atoms with Crippen LogP contribution in [0.15, 0.2) is 18.2 Å². The van der Waals surface area contributed by atoms with Crippen LogP contribution in [0.1, 0.15) is 33.3 Å². The van der Waals surface area contributed by atoms with Gasteiger partial charge in [0.15, 0.2) is 0 Å². The maximum absolute atomic E-state index is 13.2. The highest BCUT2D eigenvalue weighted by atomic mass is 19.1. The zero-order valence-corrected chi connectivity index (χ0v) is 11.7. The number of aliphatic hydroxyl groups is 1. The maximum atomic E-state index is 13.2. The fourth-order valence-electron chi connectivity index (χ4n) is 1.58. The molecule has 0 radical (unpaired) electrons. The molecule has 106 valence electrons. The highest BCUT2D eigenvalue weighted by molar-refractivity contribution is 5.85. The Morgan fingerprint density at radius 2 is 2.11 bits per heavy atom. The van der Waals surface area contributed by atoms with Crippen LogP contribution in [0.25, 0.3) is 0 Å². The van der Waals surface area contributed by atoms with Gasteiger partial charge in [0, 0.05) is 12.1 Å². The summed E-state index contributed by atoms with van der Waals surface area (Å²) in [4.78, 5) is 11.7. The van der Waals surface area contributed by atoms with E-state index < -0.39 is 23.6 Å². The highest BCUT2D eigenvalue weighted by Gasteiger charge is 2.17. The first-order valence-corrected chi connectivity index (χ1v) is 6.14. The van der Waals surface area contributed by atoms with Crippen LogP contribution in [-0.2, 0) is 11.2 Å². The molecule has 1 atom stereocenters. The Morgan fingerprint density at radius 1 is 1.47 bits per heavy atom. The van der Waals surface area contributed by atoms with Crippen molar-refractivity contribution in [3.63, 3.8) is 0 Å². The molecule has 0 spiro atoms. The van der Waals surface area contributed by atoms with Crippen molar-refractivity contribution in [2.24, 2.45) is 0 Å². The number of anilines is 1. The number of ether oxygens (including phenoxy) is 1. The van der Waals surface area contributed by atoms with E-state index in [4.69, 9.17) is 4.74 Å². The summed E-state index contributed by atoms with van der Waals surface area (Å²) in [7, 11) is 0. The van der Waals surface area contributed by atoms with Gasteiger partial charge < -0.3 is 9.84 Å². The molecule has 5 heteroatoms. The molecule has 4 nitrogen and oxygen atoms in total. The third-order valence-corrected chi connectivity index (χ3v) is 2.22. The molecule has 0 aliphatic heterocycles. The van der Waals surface area contributed by atoms with Crippen LogP contribution in [0, 0.1) is 5.82 Å². The number of rotatable bonds is 3. The van der Waals surface area contributed by atoms with Gasteiger partial charge in [0.25, 0.3) is 0 Å². The van der Waals surface area contributed by atoms with Gasteiger partial charge in [0.05, 0.1) is 6.10 Å². The molecule has 0 heterocycles. The predicted octanol–water partition coefficient (Wildman–Crippen LogP) is 3.10. The lowest BCUT2D eigenvalue weighted by Crippen LogP contribution is -2.27. The first kappa shape index (κ1) is 15.4. The molecule has 19 heavy (non-hydrogen) atoms. The van der Waals surface area contributed by atoms with E-state index in [1.54, 1.807) is 27.7 Å². The van der Waals surface area contributed by atoms with Crippen LogP contribution in [0.5, 0.6) is 0 Å². The van der Waals surface area contributed by atoms with Crippen molar-refractivity contribution in [1.82, 2.24) is 0 Å². The van der Waals surface area contributed by atoms with Gasteiger partial charge >= 0.3 is 6.09 Å². The quantitative estimate of drug-likeness (QED) is 0.886. The van der Waals surface area contributed by atoms with Gasteiger partial charge in [-0.2, -0.15) is 0 Å². The van der Waals surface area contributed by atoms with Gasteiger partial charge in [0.2, 0.25) is 0 Å². The predicted molar refractivity (Wildman–Crippen MR) is 71.6 cm³/mol. The molecule has 0 aromatic heterocycles. The van der Waals surface area contributed by atoms with Crippen LogP contribution in [0.2, 0.25) is 0 Å². The molecule has 1 aromatic carbocycles. The molecule has 0 bridgehead atoms. The number of carbonyl (C=O) groups is 1. The van der Waals surface area contributed by atoms with Gasteiger partial charge in [0.1, 0.15) is 11.4 Å². The molecule has 1 rings (SSSR count). The van der Waals surface area contributed by atoms with Crippen LogP contribution in [-0.4, -0.2) is 22.9 Å². The lowest BCUT2D eigenvalue weighted by atomic mass is 10.1. The SMILES string of the molecule is C[C@@H](O)Cc1cc(F)ccc1NC(=O)OC(C)(C)C. The number of amides is 1. The minimum atomic E-state index is -0.624. The Bertz CT molecular complexity index is 452. The minimum Gasteiger partial charge on any atom is -0.444 e. The number of carbonyl (C=O) groups excluding carboxylic acids is 1. The van der Waals surface area contributed by atoms with Crippen LogP contribution in [0.4, 0.5) is 14.9 Å². The lowest BCUT2D eigenvalue weighted by molar-refractivity contribution is 0.0635. The second-order valence-electron chi connectivity index (χ2n) is 5.48. The number of benzene rings is 1. The van der Waals surface area contributed by atoms with Crippen molar-refractivity contribution in [3.8, 4) is 0 Å². The van der Waals surface area contributed by atoms with E-state index in [-0.39, 0.29) is 6.42 Å². The molecule has 2 N–H and O–H groups in total. The highest BCUT2D eigenvalue weighted by Crippen LogP contribution is 2.20. The summed E-state index contributed by atoms with van der Waals surface area (Å²) in [5, 5.41) is 11.9. The zero-order valence-electron chi connectivity index (χ0n) is 11.7. The van der Waals surface area contributed by atoms with Gasteiger partial charge in [-0.15, -0.1) is 0 Å². The zero-order chi connectivity index (χ0) is 14.6. The standard InChI is InChI=1S/C14H20FNO3/c1-9(17)7-10-8-11(15)5-6-12(10)16-13(18)19-14(2,3)4/h5-6,8-9,17H,7H2,1-4H3,(H,16,18)/t9-/m1/s1. The summed E-state index contributed by atoms with van der Waals surface area (Å²) in [5.41, 5.74) is 0.367. The first-order valence-electron chi connectivity index (χ1n) is 6.14. The Labute approximate surface area is 112 Å². The van der Waals surface area contributed by atoms with E-state index in [1.165, 1.54) is 18.2 Å². The summed E-state index contributed by atoms with van der Waals surface area (Å²) in [6, 6.07) is 3.99. The van der Waals surface area contributed by atoms with E-state index in [0.717, 1.165) is 0 Å². The molecule has 0 aliphatic carbocycles. The van der Waals surface area contributed by atoms with Crippen LogP contribution < -0.4 is 5.32 Å². The lowest BCUT2D eigenvalue weighted by Gasteiger charge is -2.20. The first-order chi connectivity index (χ1) is 8.67. The number of hydrogen-bond acceptors (Lipinski definition) is 3. The Kier molecular flexibility index (Phi) is 4.89. The minimum absolute atomic E-state index is 0.253. The van der Waals surface area contributed by atoms with Gasteiger partial charge in [-0.3, -0.25) is 5.32 Å². The normalized spacial score (nSPS) is 12.9. The van der Waals surface area contributed by atoms with E-state index >= 15 is 0 Å². The second kappa shape index (κ2) is 6.02. The largest absolute Gasteiger partial charge is 0.444 e. The third kappa shape index (κ3) is 5.70. The average Bonchev–Trinajstić information content (AvgIpc) is 2.18. The molecular weight excluding hydrogens is 249 g/mol. The molecule has 0 unspecified atom stereocenters. The van der Waals surface area contributed by atoms with E-state index in [0.29, 0.717) is 11.3 Å². The molecular formula is C14H20FNO3. The van der Waals surface area contributed by atoms with Crippen molar-refractivity contribution < 1.29 is 19.0 Å². The molecule has 0 saturated heterocycles. The van der Waals surface area contributed by atoms with Crippen molar-refractivity contribution >= 4 is 11.8 Å². The topological polar surface area (TPSA) is 58.6 Å². The molecule has 1 amide bonds. The van der Waals surface area contributed by atoms with Crippen molar-refractivity contribution in [2.75, 3.05) is 5.32 Å². The fraction of sp³-hybridized carbons (Fsp3) is 0.500. The van der Waals surface area contributed by atoms with Crippen molar-refractivity contribution in [2.45, 2.75) is 45.8 Å². The molecule has 0 fully saturated rings. The Morgan fingerprint density at radius 3 is 2.63 bits per heavy atom. The number of hydrogen-bond donors (Lipinski definition) is 2. The van der Waals surface area contributed by atoms with Gasteiger partial charge in [-0.05, 0) is 51.5 Å².